The van der Waals surface area contributed by atoms with Gasteiger partial charge in [-0.1, -0.05) is 0 Å². The Morgan fingerprint density at radius 3 is 2.58 bits per heavy atom. The molecule has 0 aromatic carbocycles. The standard InChI is InChI=1S/C15H22N4O4S/c1-11-9-19(15(20)23-11)14-8-13(16-10-17-14)7-12-3-5-18(6-4-12)24(2,21)22/h8,10-12H,3-7,9H2,1-2H3/t11-/m0/s1. The van der Waals surface area contributed by atoms with Gasteiger partial charge in [-0.2, -0.15) is 0 Å². The van der Waals surface area contributed by atoms with E-state index in [2.05, 4.69) is 9.97 Å². The summed E-state index contributed by atoms with van der Waals surface area (Å²) in [6, 6.07) is 1.82. The number of nitrogens with zero attached hydrogens (tertiary/aromatic N) is 4. The Hall–Kier alpha value is -1.74. The summed E-state index contributed by atoms with van der Waals surface area (Å²) < 4.78 is 29.8. The van der Waals surface area contributed by atoms with Gasteiger partial charge in [0.05, 0.1) is 12.8 Å². The number of anilines is 1. The second kappa shape index (κ2) is 6.64. The van der Waals surface area contributed by atoms with E-state index in [1.54, 1.807) is 0 Å². The number of rotatable bonds is 4. The average Bonchev–Trinajstić information content (AvgIpc) is 2.86. The third-order valence-corrected chi connectivity index (χ3v) is 5.79. The van der Waals surface area contributed by atoms with E-state index in [0.717, 1.165) is 25.0 Å². The largest absolute Gasteiger partial charge is 0.444 e. The number of hydrogen-bond donors (Lipinski definition) is 0. The lowest BCUT2D eigenvalue weighted by molar-refractivity contribution is 0.150. The molecule has 1 atom stereocenters. The zero-order valence-corrected chi connectivity index (χ0v) is 14.7. The molecule has 0 saturated carbocycles. The fourth-order valence-corrected chi connectivity index (χ4v) is 4.05. The number of amides is 1. The normalized spacial score (nSPS) is 23.5. The van der Waals surface area contributed by atoms with E-state index in [1.165, 1.54) is 21.8 Å². The van der Waals surface area contributed by atoms with Crippen LogP contribution in [0.3, 0.4) is 0 Å². The number of piperidine rings is 1. The minimum Gasteiger partial charge on any atom is -0.444 e. The van der Waals surface area contributed by atoms with E-state index in [9.17, 15) is 13.2 Å². The maximum absolute atomic E-state index is 11.8. The molecule has 1 aromatic heterocycles. The monoisotopic (exact) mass is 354 g/mol. The summed E-state index contributed by atoms with van der Waals surface area (Å²) in [7, 11) is -3.10. The van der Waals surface area contributed by atoms with Gasteiger partial charge in [0.1, 0.15) is 18.2 Å². The first-order valence-electron chi connectivity index (χ1n) is 8.07. The van der Waals surface area contributed by atoms with Crippen LogP contribution >= 0.6 is 0 Å². The summed E-state index contributed by atoms with van der Waals surface area (Å²) in [6.07, 6.45) is 4.58. The van der Waals surface area contributed by atoms with Crippen LogP contribution in [0, 0.1) is 5.92 Å². The molecule has 0 unspecified atom stereocenters. The van der Waals surface area contributed by atoms with Gasteiger partial charge in [-0.25, -0.2) is 27.5 Å². The lowest BCUT2D eigenvalue weighted by atomic mass is 9.93. The van der Waals surface area contributed by atoms with E-state index in [1.807, 2.05) is 13.0 Å². The lowest BCUT2D eigenvalue weighted by Gasteiger charge is -2.30. The summed E-state index contributed by atoms with van der Waals surface area (Å²) >= 11 is 0. The highest BCUT2D eigenvalue weighted by Crippen LogP contribution is 2.24. The molecule has 1 amide bonds. The number of hydrogen-bond acceptors (Lipinski definition) is 6. The Labute approximate surface area is 141 Å². The molecule has 0 radical (unpaired) electrons. The molecular weight excluding hydrogens is 332 g/mol. The van der Waals surface area contributed by atoms with Crippen molar-refractivity contribution in [3.8, 4) is 0 Å². The Morgan fingerprint density at radius 2 is 2.00 bits per heavy atom. The quantitative estimate of drug-likeness (QED) is 0.802. The van der Waals surface area contributed by atoms with Crippen LogP contribution in [0.25, 0.3) is 0 Å². The van der Waals surface area contributed by atoms with Gasteiger partial charge in [0, 0.05) is 24.8 Å². The van der Waals surface area contributed by atoms with Crippen molar-refractivity contribution in [1.29, 1.82) is 0 Å². The van der Waals surface area contributed by atoms with Gasteiger partial charge in [-0.3, -0.25) is 4.90 Å². The Kier molecular flexibility index (Phi) is 4.73. The van der Waals surface area contributed by atoms with Crippen LogP contribution in [-0.2, 0) is 21.2 Å². The van der Waals surface area contributed by atoms with E-state index < -0.39 is 10.0 Å². The van der Waals surface area contributed by atoms with Crippen molar-refractivity contribution in [1.82, 2.24) is 14.3 Å². The van der Waals surface area contributed by atoms with Crippen LogP contribution in [-0.4, -0.2) is 60.8 Å². The van der Waals surface area contributed by atoms with E-state index in [4.69, 9.17) is 4.74 Å². The van der Waals surface area contributed by atoms with Gasteiger partial charge in [0.2, 0.25) is 10.0 Å². The number of aromatic nitrogens is 2. The SMILES string of the molecule is C[C@H]1CN(c2cc(CC3CCN(S(C)(=O)=O)CC3)ncn2)C(=O)O1. The van der Waals surface area contributed by atoms with Crippen LogP contribution in [0.5, 0.6) is 0 Å². The van der Waals surface area contributed by atoms with Crippen molar-refractivity contribution >= 4 is 21.9 Å². The first kappa shape index (κ1) is 17.1. The Bertz CT molecular complexity index is 716. The van der Waals surface area contributed by atoms with Gasteiger partial charge in [0.25, 0.3) is 0 Å². The minimum absolute atomic E-state index is 0.142. The van der Waals surface area contributed by atoms with Crippen molar-refractivity contribution < 1.29 is 17.9 Å². The molecule has 0 aliphatic carbocycles. The van der Waals surface area contributed by atoms with Gasteiger partial charge in [-0.05, 0) is 32.1 Å². The summed E-state index contributed by atoms with van der Waals surface area (Å²) in [5.41, 5.74) is 0.866. The second-order valence-corrected chi connectivity index (χ2v) is 8.46. The van der Waals surface area contributed by atoms with Crippen molar-refractivity contribution in [2.75, 3.05) is 30.8 Å². The van der Waals surface area contributed by atoms with Gasteiger partial charge < -0.3 is 4.74 Å². The molecule has 24 heavy (non-hydrogen) atoms. The summed E-state index contributed by atoms with van der Waals surface area (Å²) in [4.78, 5) is 21.8. The van der Waals surface area contributed by atoms with Crippen molar-refractivity contribution in [3.05, 3.63) is 18.1 Å². The van der Waals surface area contributed by atoms with Crippen LogP contribution in [0.4, 0.5) is 10.6 Å². The molecule has 0 bridgehead atoms. The number of carbonyl (C=O) groups excluding carboxylic acids is 1. The highest BCUT2D eigenvalue weighted by Gasteiger charge is 2.31. The van der Waals surface area contributed by atoms with Crippen molar-refractivity contribution in [3.63, 3.8) is 0 Å². The molecular formula is C15H22N4O4S. The van der Waals surface area contributed by atoms with Gasteiger partial charge in [-0.15, -0.1) is 0 Å². The highest BCUT2D eigenvalue weighted by molar-refractivity contribution is 7.88. The second-order valence-electron chi connectivity index (χ2n) is 6.48. The zero-order chi connectivity index (χ0) is 17.3. The molecule has 2 saturated heterocycles. The molecule has 0 spiro atoms. The van der Waals surface area contributed by atoms with Crippen LogP contribution in [0.2, 0.25) is 0 Å². The van der Waals surface area contributed by atoms with E-state index in [0.29, 0.717) is 31.4 Å². The van der Waals surface area contributed by atoms with Crippen molar-refractivity contribution in [2.45, 2.75) is 32.3 Å². The third kappa shape index (κ3) is 3.84. The smallest absolute Gasteiger partial charge is 0.415 e. The van der Waals surface area contributed by atoms with Crippen LogP contribution < -0.4 is 4.90 Å². The molecule has 132 valence electrons. The third-order valence-electron chi connectivity index (χ3n) is 4.49. The summed E-state index contributed by atoms with van der Waals surface area (Å²) in [6.45, 7) is 3.44. The number of carbonyl (C=O) groups is 1. The number of cyclic esters (lactones) is 1. The molecule has 1 aromatic rings. The van der Waals surface area contributed by atoms with Crippen LogP contribution in [0.15, 0.2) is 12.4 Å². The molecule has 2 fully saturated rings. The fourth-order valence-electron chi connectivity index (χ4n) is 3.18. The number of ether oxygens (including phenoxy) is 1. The summed E-state index contributed by atoms with van der Waals surface area (Å²) in [5.74, 6) is 0.943. The molecule has 3 heterocycles. The Balaban J connectivity index is 1.63. The first-order chi connectivity index (χ1) is 11.3. The Morgan fingerprint density at radius 1 is 1.29 bits per heavy atom. The molecule has 2 aliphatic heterocycles. The topological polar surface area (TPSA) is 92.7 Å². The predicted octanol–water partition coefficient (Wildman–Crippen LogP) is 1.04. The maximum Gasteiger partial charge on any atom is 0.415 e. The average molecular weight is 354 g/mol. The molecule has 8 nitrogen and oxygen atoms in total. The van der Waals surface area contributed by atoms with Crippen LogP contribution in [0.1, 0.15) is 25.5 Å². The van der Waals surface area contributed by atoms with Gasteiger partial charge in [0.15, 0.2) is 0 Å². The predicted molar refractivity (Wildman–Crippen MR) is 88.2 cm³/mol. The molecule has 2 aliphatic rings. The molecule has 9 heteroatoms. The zero-order valence-electron chi connectivity index (χ0n) is 13.9. The fraction of sp³-hybridized carbons (Fsp3) is 0.667. The summed E-state index contributed by atoms with van der Waals surface area (Å²) in [5, 5.41) is 0. The maximum atomic E-state index is 11.8. The lowest BCUT2D eigenvalue weighted by Crippen LogP contribution is -2.38. The number of sulfonamides is 1. The molecule has 0 N–H and O–H groups in total. The minimum atomic E-state index is -3.10. The highest BCUT2D eigenvalue weighted by atomic mass is 32.2. The first-order valence-corrected chi connectivity index (χ1v) is 9.92. The van der Waals surface area contributed by atoms with Crippen molar-refractivity contribution in [2.24, 2.45) is 5.92 Å². The van der Waals surface area contributed by atoms with Gasteiger partial charge >= 0.3 is 6.09 Å². The van der Waals surface area contributed by atoms with E-state index >= 15 is 0 Å². The molecule has 3 rings (SSSR count). The van der Waals surface area contributed by atoms with E-state index in [-0.39, 0.29) is 12.2 Å².